The van der Waals surface area contributed by atoms with Crippen LogP contribution in [0.15, 0.2) is 65.2 Å². The molecule has 2 aromatic rings. The maximum absolute atomic E-state index is 12.5. The fraction of sp³-hybridized carbons (Fsp3) is 0.333. The Morgan fingerprint density at radius 2 is 1.63 bits per heavy atom. The number of fused-ring (bicyclic) bond motifs is 1. The molecular weight excluding hydrogens is 398 g/mol. The van der Waals surface area contributed by atoms with Crippen LogP contribution in [0.3, 0.4) is 0 Å². The molecule has 0 radical (unpaired) electrons. The maximum Gasteiger partial charge on any atom is 0.199 e. The monoisotopic (exact) mass is 425 g/mol. The molecule has 0 bridgehead atoms. The van der Waals surface area contributed by atoms with Crippen molar-refractivity contribution >= 4 is 35.9 Å². The van der Waals surface area contributed by atoms with Gasteiger partial charge in [-0.3, -0.25) is 14.7 Å². The maximum atomic E-state index is 12.5. The number of aliphatic imine (C=N–C) groups is 1. The molecule has 1 saturated heterocycles. The molecular formula is C24H28ClN3O2. The third-order valence-electron chi connectivity index (χ3n) is 5.74. The van der Waals surface area contributed by atoms with Gasteiger partial charge in [0.15, 0.2) is 5.78 Å². The average molecular weight is 426 g/mol. The standard InChI is InChI=1S/C24H27N3O2.ClH/c1-18(25-17-22-23(28)20-9-5-6-10-21(20)24(22)29)11-12-26-13-15-27(16-14-26)19-7-3-2-4-8-19;/h2-10,17-18,28H,11-16H2,1H3;1H. The van der Waals surface area contributed by atoms with Crippen LogP contribution < -0.4 is 4.90 Å². The lowest BCUT2D eigenvalue weighted by Gasteiger charge is -2.36. The van der Waals surface area contributed by atoms with Crippen molar-refractivity contribution in [3.8, 4) is 0 Å². The van der Waals surface area contributed by atoms with E-state index in [0.29, 0.717) is 16.7 Å². The number of aliphatic hydroxyl groups excluding tert-OH is 1. The highest BCUT2D eigenvalue weighted by molar-refractivity contribution is 6.30. The number of halogens is 1. The van der Waals surface area contributed by atoms with Crippen molar-refractivity contribution in [2.24, 2.45) is 4.99 Å². The van der Waals surface area contributed by atoms with E-state index in [9.17, 15) is 9.90 Å². The zero-order chi connectivity index (χ0) is 20.2. The average Bonchev–Trinajstić information content (AvgIpc) is 3.02. The lowest BCUT2D eigenvalue weighted by molar-refractivity contribution is 0.104. The Morgan fingerprint density at radius 3 is 2.30 bits per heavy atom. The number of carbonyl (C=O) groups excluding carboxylic acids is 1. The van der Waals surface area contributed by atoms with Crippen molar-refractivity contribution in [3.63, 3.8) is 0 Å². The van der Waals surface area contributed by atoms with Gasteiger partial charge in [-0.1, -0.05) is 42.5 Å². The summed E-state index contributed by atoms with van der Waals surface area (Å²) in [7, 11) is 0. The van der Waals surface area contributed by atoms with Gasteiger partial charge in [0.2, 0.25) is 0 Å². The fourth-order valence-electron chi connectivity index (χ4n) is 3.92. The Bertz CT molecular complexity index is 934. The van der Waals surface area contributed by atoms with E-state index in [1.807, 2.05) is 12.1 Å². The summed E-state index contributed by atoms with van der Waals surface area (Å²) in [6.45, 7) is 7.21. The molecule has 0 spiro atoms. The van der Waals surface area contributed by atoms with Gasteiger partial charge in [-0.2, -0.15) is 0 Å². The first-order chi connectivity index (χ1) is 14.1. The van der Waals surface area contributed by atoms with Crippen LogP contribution in [-0.4, -0.2) is 60.8 Å². The second kappa shape index (κ2) is 9.92. The highest BCUT2D eigenvalue weighted by Crippen LogP contribution is 2.29. The van der Waals surface area contributed by atoms with E-state index >= 15 is 0 Å². The van der Waals surface area contributed by atoms with Gasteiger partial charge in [0.1, 0.15) is 5.76 Å². The Hall–Kier alpha value is -2.63. The zero-order valence-corrected chi connectivity index (χ0v) is 18.0. The van der Waals surface area contributed by atoms with Crippen molar-refractivity contribution in [1.82, 2.24) is 4.90 Å². The quantitative estimate of drug-likeness (QED) is 0.703. The second-order valence-corrected chi connectivity index (χ2v) is 7.72. The van der Waals surface area contributed by atoms with Gasteiger partial charge in [0.25, 0.3) is 0 Å². The summed E-state index contributed by atoms with van der Waals surface area (Å²) < 4.78 is 0. The van der Waals surface area contributed by atoms with E-state index < -0.39 is 0 Å². The molecule has 1 fully saturated rings. The smallest absolute Gasteiger partial charge is 0.199 e. The molecule has 1 atom stereocenters. The summed E-state index contributed by atoms with van der Waals surface area (Å²) in [5, 5.41) is 10.3. The first-order valence-corrected chi connectivity index (χ1v) is 10.3. The number of Topliss-reactive ketones (excluding diaryl/α,β-unsaturated/α-hetero) is 1. The van der Waals surface area contributed by atoms with Crippen LogP contribution in [0.2, 0.25) is 0 Å². The Morgan fingerprint density at radius 1 is 1.00 bits per heavy atom. The molecule has 1 aliphatic carbocycles. The number of para-hydroxylation sites is 1. The number of allylic oxidation sites excluding steroid dienone is 1. The summed E-state index contributed by atoms with van der Waals surface area (Å²) in [6.07, 6.45) is 2.48. The van der Waals surface area contributed by atoms with Gasteiger partial charge in [0.05, 0.1) is 5.57 Å². The SMILES string of the molecule is CC(CCN1CCN(c2ccccc2)CC1)N=CC1=C(O)c2ccccc2C1=O.Cl. The summed E-state index contributed by atoms with van der Waals surface area (Å²) in [4.78, 5) is 21.9. The Balaban J connectivity index is 0.00000256. The summed E-state index contributed by atoms with van der Waals surface area (Å²) in [6, 6.07) is 17.8. The molecule has 6 heteroatoms. The predicted octanol–water partition coefficient (Wildman–Crippen LogP) is 4.25. The van der Waals surface area contributed by atoms with Crippen molar-refractivity contribution < 1.29 is 9.90 Å². The van der Waals surface area contributed by atoms with E-state index in [0.717, 1.165) is 39.1 Å². The fourth-order valence-corrected chi connectivity index (χ4v) is 3.92. The van der Waals surface area contributed by atoms with Crippen LogP contribution in [0.5, 0.6) is 0 Å². The summed E-state index contributed by atoms with van der Waals surface area (Å²) in [5.74, 6) is -0.107. The molecule has 1 aliphatic heterocycles. The lowest BCUT2D eigenvalue weighted by atomic mass is 10.1. The number of aliphatic hydroxyl groups is 1. The minimum Gasteiger partial charge on any atom is -0.506 e. The number of nitrogens with zero attached hydrogens (tertiary/aromatic N) is 3. The highest BCUT2D eigenvalue weighted by Gasteiger charge is 2.28. The summed E-state index contributed by atoms with van der Waals surface area (Å²) >= 11 is 0. The van der Waals surface area contributed by atoms with Gasteiger partial charge >= 0.3 is 0 Å². The Labute approximate surface area is 184 Å². The molecule has 0 saturated carbocycles. The topological polar surface area (TPSA) is 56.1 Å². The number of hydrogen-bond donors (Lipinski definition) is 1. The molecule has 2 aliphatic rings. The van der Waals surface area contributed by atoms with E-state index in [1.165, 1.54) is 5.69 Å². The largest absolute Gasteiger partial charge is 0.506 e. The zero-order valence-electron chi connectivity index (χ0n) is 17.2. The van der Waals surface area contributed by atoms with Crippen LogP contribution in [0.4, 0.5) is 5.69 Å². The van der Waals surface area contributed by atoms with E-state index in [-0.39, 0.29) is 30.0 Å². The molecule has 1 N–H and O–H groups in total. The van der Waals surface area contributed by atoms with Crippen LogP contribution in [0, 0.1) is 0 Å². The molecule has 4 rings (SSSR count). The van der Waals surface area contributed by atoms with Crippen molar-refractivity contribution in [2.45, 2.75) is 19.4 Å². The van der Waals surface area contributed by atoms with Crippen molar-refractivity contribution in [3.05, 3.63) is 71.3 Å². The molecule has 0 amide bonds. The molecule has 158 valence electrons. The van der Waals surface area contributed by atoms with Crippen LogP contribution in [0.1, 0.15) is 29.3 Å². The van der Waals surface area contributed by atoms with Gasteiger partial charge < -0.3 is 10.0 Å². The third-order valence-corrected chi connectivity index (χ3v) is 5.74. The normalized spacial score (nSPS) is 17.9. The van der Waals surface area contributed by atoms with Crippen molar-refractivity contribution in [2.75, 3.05) is 37.6 Å². The first kappa shape index (κ1) is 22.1. The minimum absolute atomic E-state index is 0. The lowest BCUT2D eigenvalue weighted by Crippen LogP contribution is -2.46. The number of piperazine rings is 1. The van der Waals surface area contributed by atoms with E-state index in [4.69, 9.17) is 0 Å². The van der Waals surface area contributed by atoms with E-state index in [1.54, 1.807) is 18.3 Å². The molecule has 1 unspecified atom stereocenters. The third kappa shape index (κ3) is 4.74. The van der Waals surface area contributed by atoms with Gasteiger partial charge in [0, 0.05) is 61.8 Å². The highest BCUT2D eigenvalue weighted by atomic mass is 35.5. The summed E-state index contributed by atoms with van der Waals surface area (Å²) in [5.41, 5.74) is 2.74. The molecule has 5 nitrogen and oxygen atoms in total. The molecule has 30 heavy (non-hydrogen) atoms. The van der Waals surface area contributed by atoms with Gasteiger partial charge in [-0.05, 0) is 25.5 Å². The molecule has 2 aromatic carbocycles. The van der Waals surface area contributed by atoms with E-state index in [2.05, 4.69) is 52.0 Å². The minimum atomic E-state index is -0.147. The number of carbonyl (C=O) groups is 1. The number of benzene rings is 2. The predicted molar refractivity (Wildman–Crippen MR) is 125 cm³/mol. The number of rotatable bonds is 6. The van der Waals surface area contributed by atoms with Crippen LogP contribution >= 0.6 is 12.4 Å². The van der Waals surface area contributed by atoms with Crippen LogP contribution in [-0.2, 0) is 0 Å². The second-order valence-electron chi connectivity index (χ2n) is 7.72. The number of hydrogen-bond acceptors (Lipinski definition) is 5. The number of anilines is 1. The van der Waals surface area contributed by atoms with Gasteiger partial charge in [-0.25, -0.2) is 0 Å². The Kier molecular flexibility index (Phi) is 7.29. The molecule has 1 heterocycles. The van der Waals surface area contributed by atoms with Crippen molar-refractivity contribution in [1.29, 1.82) is 0 Å². The first-order valence-electron chi connectivity index (χ1n) is 10.3. The number of ketones is 1. The van der Waals surface area contributed by atoms with Gasteiger partial charge in [-0.15, -0.1) is 12.4 Å². The molecule has 0 aromatic heterocycles. The van der Waals surface area contributed by atoms with Crippen LogP contribution in [0.25, 0.3) is 5.76 Å².